The Labute approximate surface area is 77.7 Å². The van der Waals surface area contributed by atoms with Crippen molar-refractivity contribution in [3.05, 3.63) is 18.2 Å². The van der Waals surface area contributed by atoms with Crippen molar-refractivity contribution >= 4 is 5.82 Å². The summed E-state index contributed by atoms with van der Waals surface area (Å²) < 4.78 is 10.3. The maximum Gasteiger partial charge on any atom is 0.215 e. The van der Waals surface area contributed by atoms with Crippen molar-refractivity contribution < 1.29 is 9.47 Å². The monoisotopic (exact) mass is 182 g/mol. The molecule has 0 spiro atoms. The molecule has 1 unspecified atom stereocenters. The van der Waals surface area contributed by atoms with Crippen molar-refractivity contribution in [2.75, 3.05) is 19.5 Å². The van der Waals surface area contributed by atoms with Crippen molar-refractivity contribution in [1.29, 1.82) is 0 Å². The van der Waals surface area contributed by atoms with Crippen LogP contribution in [0.2, 0.25) is 0 Å². The average Bonchev–Trinajstić information content (AvgIpc) is 2.04. The van der Waals surface area contributed by atoms with E-state index in [4.69, 9.17) is 15.2 Å². The van der Waals surface area contributed by atoms with Crippen LogP contribution in [0.1, 0.15) is 6.92 Å². The summed E-state index contributed by atoms with van der Waals surface area (Å²) in [5.74, 6) is 0.992. The van der Waals surface area contributed by atoms with E-state index >= 15 is 0 Å². The zero-order valence-corrected chi connectivity index (χ0v) is 7.86. The van der Waals surface area contributed by atoms with E-state index in [2.05, 4.69) is 4.98 Å². The second-order valence-corrected chi connectivity index (χ2v) is 2.78. The number of aromatic nitrogens is 1. The maximum absolute atomic E-state index is 5.49. The normalized spacial score (nSPS) is 12.5. The topological polar surface area (TPSA) is 57.4 Å². The third kappa shape index (κ3) is 3.29. The molecular formula is C9H14N2O2. The summed E-state index contributed by atoms with van der Waals surface area (Å²) in [7, 11) is 1.63. The first-order valence-corrected chi connectivity index (χ1v) is 4.10. The van der Waals surface area contributed by atoms with E-state index in [0.29, 0.717) is 18.3 Å². The largest absolute Gasteiger partial charge is 0.472 e. The van der Waals surface area contributed by atoms with Gasteiger partial charge in [-0.05, 0) is 13.0 Å². The van der Waals surface area contributed by atoms with Gasteiger partial charge in [-0.25, -0.2) is 0 Å². The molecule has 0 aliphatic heterocycles. The average molecular weight is 182 g/mol. The van der Waals surface area contributed by atoms with Gasteiger partial charge in [0.05, 0.1) is 6.61 Å². The van der Waals surface area contributed by atoms with E-state index in [9.17, 15) is 0 Å². The summed E-state index contributed by atoms with van der Waals surface area (Å²) >= 11 is 0. The quantitative estimate of drug-likeness (QED) is 0.757. The molecule has 72 valence electrons. The molecule has 1 rings (SSSR count). The Kier molecular flexibility index (Phi) is 3.52. The van der Waals surface area contributed by atoms with Crippen LogP contribution in [-0.2, 0) is 4.74 Å². The van der Waals surface area contributed by atoms with Gasteiger partial charge in [0.25, 0.3) is 0 Å². The molecule has 0 saturated heterocycles. The second-order valence-electron chi connectivity index (χ2n) is 2.78. The number of anilines is 1. The van der Waals surface area contributed by atoms with Gasteiger partial charge in [-0.15, -0.1) is 0 Å². The molecule has 0 aliphatic carbocycles. The highest BCUT2D eigenvalue weighted by Crippen LogP contribution is 2.10. The zero-order chi connectivity index (χ0) is 9.68. The minimum absolute atomic E-state index is 0.0145. The lowest BCUT2D eigenvalue weighted by molar-refractivity contribution is 0.0891. The Bertz CT molecular complexity index is 266. The highest BCUT2D eigenvalue weighted by molar-refractivity contribution is 5.31. The number of nitrogen functional groups attached to an aromatic ring is 1. The van der Waals surface area contributed by atoms with Crippen LogP contribution < -0.4 is 10.5 Å². The molecule has 0 saturated carbocycles. The molecule has 0 amide bonds. The third-order valence-corrected chi connectivity index (χ3v) is 1.47. The molecule has 13 heavy (non-hydrogen) atoms. The minimum Gasteiger partial charge on any atom is -0.472 e. The van der Waals surface area contributed by atoms with Crippen molar-refractivity contribution in [1.82, 2.24) is 4.98 Å². The lowest BCUT2D eigenvalue weighted by Gasteiger charge is -2.12. The number of hydrogen-bond acceptors (Lipinski definition) is 4. The van der Waals surface area contributed by atoms with Gasteiger partial charge in [0, 0.05) is 13.2 Å². The van der Waals surface area contributed by atoms with Crippen LogP contribution in [0, 0.1) is 0 Å². The molecule has 4 heteroatoms. The summed E-state index contributed by atoms with van der Waals surface area (Å²) in [4.78, 5) is 4.00. The Morgan fingerprint density at radius 2 is 2.31 bits per heavy atom. The van der Waals surface area contributed by atoms with E-state index in [1.165, 1.54) is 0 Å². The van der Waals surface area contributed by atoms with Crippen LogP contribution in [0.25, 0.3) is 0 Å². The molecule has 1 aromatic heterocycles. The molecule has 4 nitrogen and oxygen atoms in total. The fraction of sp³-hybridized carbons (Fsp3) is 0.444. The second kappa shape index (κ2) is 4.67. The van der Waals surface area contributed by atoms with Crippen LogP contribution in [0.4, 0.5) is 5.82 Å². The molecule has 0 radical (unpaired) electrons. The van der Waals surface area contributed by atoms with Crippen LogP contribution in [0.5, 0.6) is 5.88 Å². The number of nitrogens with zero attached hydrogens (tertiary/aromatic N) is 1. The van der Waals surface area contributed by atoms with Gasteiger partial charge in [0.1, 0.15) is 11.9 Å². The molecule has 0 aromatic carbocycles. The smallest absolute Gasteiger partial charge is 0.215 e. The predicted octanol–water partition coefficient (Wildman–Crippen LogP) is 1.08. The lowest BCUT2D eigenvalue weighted by atomic mass is 10.4. The van der Waals surface area contributed by atoms with Crippen molar-refractivity contribution in [2.45, 2.75) is 13.0 Å². The van der Waals surface area contributed by atoms with Gasteiger partial charge in [-0.1, -0.05) is 6.07 Å². The summed E-state index contributed by atoms with van der Waals surface area (Å²) in [6.45, 7) is 2.45. The van der Waals surface area contributed by atoms with E-state index in [0.717, 1.165) is 0 Å². The number of nitrogens with two attached hydrogens (primary N) is 1. The van der Waals surface area contributed by atoms with E-state index in [1.807, 2.05) is 6.92 Å². The maximum atomic E-state index is 5.49. The standard InChI is InChI=1S/C9H14N2O2/c1-7(6-12-2)13-9-5-3-4-8(10)11-9/h3-5,7H,6H2,1-2H3,(H2,10,11). The molecule has 2 N–H and O–H groups in total. The first-order valence-electron chi connectivity index (χ1n) is 4.10. The summed E-state index contributed by atoms with van der Waals surface area (Å²) in [6.07, 6.45) is -0.0145. The van der Waals surface area contributed by atoms with Gasteiger partial charge >= 0.3 is 0 Å². The summed E-state index contributed by atoms with van der Waals surface area (Å²) in [5.41, 5.74) is 5.49. The number of pyridine rings is 1. The number of rotatable bonds is 4. The van der Waals surface area contributed by atoms with Crippen molar-refractivity contribution in [2.24, 2.45) is 0 Å². The van der Waals surface area contributed by atoms with Gasteiger partial charge in [0.2, 0.25) is 5.88 Å². The minimum atomic E-state index is -0.0145. The number of hydrogen-bond donors (Lipinski definition) is 1. The first-order chi connectivity index (χ1) is 6.22. The van der Waals surface area contributed by atoms with E-state index < -0.39 is 0 Å². The fourth-order valence-electron chi connectivity index (χ4n) is 0.971. The Morgan fingerprint density at radius 1 is 1.54 bits per heavy atom. The lowest BCUT2D eigenvalue weighted by Crippen LogP contribution is -2.18. The molecule has 1 atom stereocenters. The Morgan fingerprint density at radius 3 is 2.92 bits per heavy atom. The van der Waals surface area contributed by atoms with Crippen LogP contribution >= 0.6 is 0 Å². The molecular weight excluding hydrogens is 168 g/mol. The number of methoxy groups -OCH3 is 1. The highest BCUT2D eigenvalue weighted by atomic mass is 16.5. The van der Waals surface area contributed by atoms with Crippen molar-refractivity contribution in [3.8, 4) is 5.88 Å². The molecule has 0 fully saturated rings. The highest BCUT2D eigenvalue weighted by Gasteiger charge is 2.03. The zero-order valence-electron chi connectivity index (χ0n) is 7.86. The van der Waals surface area contributed by atoms with E-state index in [1.54, 1.807) is 25.3 Å². The number of ether oxygens (including phenoxy) is 2. The first kappa shape index (κ1) is 9.80. The predicted molar refractivity (Wildman–Crippen MR) is 50.6 cm³/mol. The van der Waals surface area contributed by atoms with Gasteiger partial charge < -0.3 is 15.2 Å². The Hall–Kier alpha value is -1.29. The Balaban J connectivity index is 2.53. The molecule has 1 aromatic rings. The SMILES string of the molecule is COCC(C)Oc1cccc(N)n1. The summed E-state index contributed by atoms with van der Waals surface area (Å²) in [5, 5.41) is 0. The van der Waals surface area contributed by atoms with Crippen LogP contribution in [0.3, 0.4) is 0 Å². The molecule has 1 heterocycles. The third-order valence-electron chi connectivity index (χ3n) is 1.47. The molecule has 0 bridgehead atoms. The van der Waals surface area contributed by atoms with Crippen molar-refractivity contribution in [3.63, 3.8) is 0 Å². The molecule has 0 aliphatic rings. The van der Waals surface area contributed by atoms with Crippen LogP contribution in [0.15, 0.2) is 18.2 Å². The van der Waals surface area contributed by atoms with Gasteiger partial charge in [-0.3, -0.25) is 0 Å². The van der Waals surface area contributed by atoms with Gasteiger partial charge in [0.15, 0.2) is 0 Å². The summed E-state index contributed by atoms with van der Waals surface area (Å²) in [6, 6.07) is 5.29. The van der Waals surface area contributed by atoms with Gasteiger partial charge in [-0.2, -0.15) is 4.98 Å². The van der Waals surface area contributed by atoms with E-state index in [-0.39, 0.29) is 6.10 Å². The fourth-order valence-corrected chi connectivity index (χ4v) is 0.971. The van der Waals surface area contributed by atoms with Crippen LogP contribution in [-0.4, -0.2) is 24.8 Å².